The van der Waals surface area contributed by atoms with Gasteiger partial charge in [0, 0.05) is 0 Å². The molecular formula is C23H23ClN2O3S. The van der Waals surface area contributed by atoms with Crippen LogP contribution >= 0.6 is 23.8 Å². The lowest BCUT2D eigenvalue weighted by molar-refractivity contribution is -0.122. The Kier molecular flexibility index (Phi) is 6.90. The number of hydrogen-bond donors (Lipinski definition) is 1. The van der Waals surface area contributed by atoms with Crippen LogP contribution in [0.25, 0.3) is 6.08 Å². The van der Waals surface area contributed by atoms with Crippen molar-refractivity contribution in [2.45, 2.75) is 39.7 Å². The Balaban J connectivity index is 1.91. The Morgan fingerprint density at radius 1 is 1.17 bits per heavy atom. The molecule has 30 heavy (non-hydrogen) atoms. The van der Waals surface area contributed by atoms with Crippen LogP contribution in [-0.2, 0) is 16.0 Å². The molecule has 3 rings (SSSR count). The van der Waals surface area contributed by atoms with E-state index in [-0.39, 0.29) is 16.8 Å². The van der Waals surface area contributed by atoms with Gasteiger partial charge in [-0.05, 0) is 73.5 Å². The highest BCUT2D eigenvalue weighted by Crippen LogP contribution is 2.29. The van der Waals surface area contributed by atoms with Gasteiger partial charge in [-0.3, -0.25) is 19.8 Å². The summed E-state index contributed by atoms with van der Waals surface area (Å²) in [4.78, 5) is 26.9. The molecule has 2 aromatic rings. The molecule has 156 valence electrons. The van der Waals surface area contributed by atoms with Gasteiger partial charge in [0.25, 0.3) is 11.8 Å². The topological polar surface area (TPSA) is 58.6 Å². The summed E-state index contributed by atoms with van der Waals surface area (Å²) in [7, 11) is 0. The van der Waals surface area contributed by atoms with E-state index in [1.165, 1.54) is 11.0 Å². The summed E-state index contributed by atoms with van der Waals surface area (Å²) in [5.41, 5.74) is 2.34. The van der Waals surface area contributed by atoms with Crippen molar-refractivity contribution in [2.75, 3.05) is 4.90 Å². The molecule has 0 aliphatic carbocycles. The Bertz CT molecular complexity index is 1020. The molecule has 5 nitrogen and oxygen atoms in total. The molecule has 0 spiro atoms. The molecule has 7 heteroatoms. The summed E-state index contributed by atoms with van der Waals surface area (Å²) in [6.07, 6.45) is 3.28. The monoisotopic (exact) mass is 442 g/mol. The average Bonchev–Trinajstić information content (AvgIpc) is 2.73. The highest BCUT2D eigenvalue weighted by Gasteiger charge is 2.34. The molecule has 1 N–H and O–H groups in total. The molecule has 0 aromatic heterocycles. The number of hydrogen-bond acceptors (Lipinski definition) is 4. The Morgan fingerprint density at radius 3 is 2.47 bits per heavy atom. The third-order valence-electron chi connectivity index (χ3n) is 4.87. The number of amides is 2. The highest BCUT2D eigenvalue weighted by molar-refractivity contribution is 7.80. The fourth-order valence-electron chi connectivity index (χ4n) is 2.94. The lowest BCUT2D eigenvalue weighted by Crippen LogP contribution is -2.54. The maximum atomic E-state index is 13.1. The van der Waals surface area contributed by atoms with Crippen LogP contribution in [0.3, 0.4) is 0 Å². The number of aryl methyl sites for hydroxylation is 1. The van der Waals surface area contributed by atoms with E-state index in [1.54, 1.807) is 18.2 Å². The summed E-state index contributed by atoms with van der Waals surface area (Å²) >= 11 is 11.6. The van der Waals surface area contributed by atoms with Crippen molar-refractivity contribution in [1.29, 1.82) is 0 Å². The minimum Gasteiger partial charge on any atom is -0.489 e. The van der Waals surface area contributed by atoms with Crippen molar-refractivity contribution in [3.05, 3.63) is 64.2 Å². The van der Waals surface area contributed by atoms with Crippen LogP contribution in [-0.4, -0.2) is 23.0 Å². The van der Waals surface area contributed by atoms with Crippen molar-refractivity contribution in [3.63, 3.8) is 0 Å². The van der Waals surface area contributed by atoms with Gasteiger partial charge in [0.05, 0.1) is 16.8 Å². The van der Waals surface area contributed by atoms with E-state index in [1.807, 2.05) is 38.1 Å². The van der Waals surface area contributed by atoms with Gasteiger partial charge < -0.3 is 4.74 Å². The molecule has 1 saturated heterocycles. The van der Waals surface area contributed by atoms with Gasteiger partial charge in [-0.1, -0.05) is 43.6 Å². The maximum Gasteiger partial charge on any atom is 0.270 e. The smallest absolute Gasteiger partial charge is 0.270 e. The normalized spacial score (nSPS) is 16.6. The van der Waals surface area contributed by atoms with E-state index >= 15 is 0 Å². The van der Waals surface area contributed by atoms with Gasteiger partial charge in [0.15, 0.2) is 5.11 Å². The Morgan fingerprint density at radius 2 is 1.87 bits per heavy atom. The summed E-state index contributed by atoms with van der Waals surface area (Å²) in [6, 6.07) is 12.6. The highest BCUT2D eigenvalue weighted by atomic mass is 35.5. The molecule has 1 aliphatic rings. The van der Waals surface area contributed by atoms with Crippen molar-refractivity contribution in [2.24, 2.45) is 0 Å². The van der Waals surface area contributed by atoms with Crippen molar-refractivity contribution in [3.8, 4) is 5.75 Å². The van der Waals surface area contributed by atoms with Crippen LogP contribution in [0.1, 0.15) is 38.3 Å². The molecule has 0 saturated carbocycles. The van der Waals surface area contributed by atoms with Crippen LogP contribution in [0.4, 0.5) is 5.69 Å². The zero-order valence-corrected chi connectivity index (χ0v) is 18.6. The number of carbonyl (C=O) groups excluding carboxylic acids is 2. The number of nitrogens with zero attached hydrogens (tertiary/aromatic N) is 1. The van der Waals surface area contributed by atoms with E-state index in [0.29, 0.717) is 22.0 Å². The fourth-order valence-corrected chi connectivity index (χ4v) is 3.46. The average molecular weight is 443 g/mol. The fraction of sp³-hybridized carbons (Fsp3) is 0.261. The SMILES string of the molecule is CCc1ccc(N2C(=O)/C(=C/c3ccc(O[C@H](C)CC)c(Cl)c3)C(=O)NC2=S)cc1. The van der Waals surface area contributed by atoms with Crippen molar-refractivity contribution in [1.82, 2.24) is 5.32 Å². The van der Waals surface area contributed by atoms with Crippen LogP contribution in [0.2, 0.25) is 5.02 Å². The molecular weight excluding hydrogens is 420 g/mol. The largest absolute Gasteiger partial charge is 0.489 e. The number of anilines is 1. The van der Waals surface area contributed by atoms with Gasteiger partial charge >= 0.3 is 0 Å². The predicted octanol–water partition coefficient (Wildman–Crippen LogP) is 4.91. The Labute approximate surface area is 186 Å². The van der Waals surface area contributed by atoms with Crippen LogP contribution < -0.4 is 15.0 Å². The van der Waals surface area contributed by atoms with Gasteiger partial charge in [-0.25, -0.2) is 0 Å². The zero-order valence-electron chi connectivity index (χ0n) is 17.1. The second kappa shape index (κ2) is 9.41. The van der Waals surface area contributed by atoms with Crippen molar-refractivity contribution >= 4 is 52.5 Å². The second-order valence-corrected chi connectivity index (χ2v) is 7.80. The molecule has 0 bridgehead atoms. The number of carbonyl (C=O) groups is 2. The lowest BCUT2D eigenvalue weighted by Gasteiger charge is -2.29. The number of halogens is 1. The third kappa shape index (κ3) is 4.71. The molecule has 1 heterocycles. The predicted molar refractivity (Wildman–Crippen MR) is 124 cm³/mol. The first kappa shape index (κ1) is 22.0. The van der Waals surface area contributed by atoms with E-state index in [0.717, 1.165) is 18.4 Å². The second-order valence-electron chi connectivity index (χ2n) is 7.00. The van der Waals surface area contributed by atoms with Crippen molar-refractivity contribution < 1.29 is 14.3 Å². The van der Waals surface area contributed by atoms with E-state index in [4.69, 9.17) is 28.6 Å². The lowest BCUT2D eigenvalue weighted by atomic mass is 10.1. The molecule has 0 unspecified atom stereocenters. The first-order valence-electron chi connectivity index (χ1n) is 9.80. The standard InChI is InChI=1S/C23H23ClN2O3S/c1-4-14(3)29-20-11-8-16(13-19(20)24)12-18-21(27)25-23(30)26(22(18)28)17-9-6-15(5-2)7-10-17/h6-14H,4-5H2,1-3H3,(H,25,27,30)/b18-12+/t14-/m1/s1. The van der Waals surface area contributed by atoms with Crippen LogP contribution in [0, 0.1) is 0 Å². The van der Waals surface area contributed by atoms with Gasteiger partial charge in [0.2, 0.25) is 0 Å². The van der Waals surface area contributed by atoms with Crippen LogP contribution in [0.15, 0.2) is 48.0 Å². The number of ether oxygens (including phenoxy) is 1. The molecule has 2 aromatic carbocycles. The molecule has 1 aliphatic heterocycles. The number of rotatable bonds is 6. The van der Waals surface area contributed by atoms with Crippen LogP contribution in [0.5, 0.6) is 5.75 Å². The maximum absolute atomic E-state index is 13.1. The van der Waals surface area contributed by atoms with Gasteiger partial charge in [-0.2, -0.15) is 0 Å². The van der Waals surface area contributed by atoms with E-state index in [9.17, 15) is 9.59 Å². The zero-order chi connectivity index (χ0) is 21.8. The first-order chi connectivity index (χ1) is 14.3. The molecule has 2 amide bonds. The minimum absolute atomic E-state index is 0.0187. The minimum atomic E-state index is -0.539. The summed E-state index contributed by atoms with van der Waals surface area (Å²) in [5.74, 6) is -0.460. The Hall–Kier alpha value is -2.70. The molecule has 1 atom stereocenters. The summed E-state index contributed by atoms with van der Waals surface area (Å²) in [5, 5.41) is 3.06. The van der Waals surface area contributed by atoms with E-state index in [2.05, 4.69) is 12.2 Å². The molecule has 1 fully saturated rings. The first-order valence-corrected chi connectivity index (χ1v) is 10.6. The number of benzene rings is 2. The van der Waals surface area contributed by atoms with E-state index < -0.39 is 11.8 Å². The summed E-state index contributed by atoms with van der Waals surface area (Å²) < 4.78 is 5.77. The van der Waals surface area contributed by atoms with Gasteiger partial charge in [-0.15, -0.1) is 0 Å². The number of thiocarbonyl (C=S) groups is 1. The quantitative estimate of drug-likeness (QED) is 0.392. The molecule has 0 radical (unpaired) electrons. The summed E-state index contributed by atoms with van der Waals surface area (Å²) in [6.45, 7) is 6.04. The number of nitrogens with one attached hydrogen (secondary N) is 1. The third-order valence-corrected chi connectivity index (χ3v) is 5.45. The van der Waals surface area contributed by atoms with Gasteiger partial charge in [0.1, 0.15) is 11.3 Å².